The maximum atomic E-state index is 11.1. The lowest BCUT2D eigenvalue weighted by atomic mass is 9.79. The fraction of sp³-hybridized carbons (Fsp3) is 0.808. The van der Waals surface area contributed by atoms with Gasteiger partial charge in [-0.25, -0.2) is 4.79 Å². The molecule has 0 radical (unpaired) electrons. The summed E-state index contributed by atoms with van der Waals surface area (Å²) >= 11 is 0. The third-order valence-corrected chi connectivity index (χ3v) is 6.11. The first kappa shape index (κ1) is 30.1. The highest BCUT2D eigenvalue weighted by Crippen LogP contribution is 2.30. The van der Waals surface area contributed by atoms with Crippen LogP contribution in [0, 0.1) is 17.8 Å². The van der Waals surface area contributed by atoms with E-state index in [0.717, 1.165) is 38.0 Å². The number of carbonyl (C=O) groups is 3. The number of hydrogen-bond acceptors (Lipinski definition) is 4. The minimum atomic E-state index is -0.970. The maximum Gasteiger partial charge on any atom is 0.330 e. The van der Waals surface area contributed by atoms with Crippen molar-refractivity contribution in [2.75, 3.05) is 0 Å². The summed E-state index contributed by atoms with van der Waals surface area (Å²) in [7, 11) is 0. The van der Waals surface area contributed by atoms with Crippen LogP contribution >= 0.6 is 0 Å². The summed E-state index contributed by atoms with van der Waals surface area (Å²) in [6, 6.07) is 0. The number of carboxylic acid groups (broad SMARTS) is 2. The SMILES string of the molecule is C=CC(=O)OC(CC)CCCCCCCCCC(C)C.O=C(O)C1CCCCC1C(=O)O. The molecule has 32 heavy (non-hydrogen) atoms. The molecule has 3 unspecified atom stereocenters. The van der Waals surface area contributed by atoms with Crippen LogP contribution < -0.4 is 0 Å². The molecular formula is C26H46O6. The topological polar surface area (TPSA) is 101 Å². The summed E-state index contributed by atoms with van der Waals surface area (Å²) in [5.41, 5.74) is 0. The van der Waals surface area contributed by atoms with E-state index < -0.39 is 23.8 Å². The zero-order valence-corrected chi connectivity index (χ0v) is 20.5. The molecular weight excluding hydrogens is 408 g/mol. The number of hydrogen-bond donors (Lipinski definition) is 2. The molecule has 1 rings (SSSR count). The molecule has 1 saturated carbocycles. The Hall–Kier alpha value is -1.85. The van der Waals surface area contributed by atoms with Gasteiger partial charge in [-0.2, -0.15) is 0 Å². The Morgan fingerprint density at radius 3 is 1.69 bits per heavy atom. The van der Waals surface area contributed by atoms with Crippen LogP contribution in [-0.2, 0) is 19.1 Å². The van der Waals surface area contributed by atoms with Crippen LogP contribution in [0.3, 0.4) is 0 Å². The van der Waals surface area contributed by atoms with Gasteiger partial charge in [-0.05, 0) is 38.0 Å². The van der Waals surface area contributed by atoms with Crippen molar-refractivity contribution in [1.82, 2.24) is 0 Å². The molecule has 0 bridgehead atoms. The monoisotopic (exact) mass is 454 g/mol. The largest absolute Gasteiger partial charge is 0.481 e. The predicted molar refractivity (Wildman–Crippen MR) is 127 cm³/mol. The molecule has 0 aromatic heterocycles. The number of carboxylic acids is 2. The van der Waals surface area contributed by atoms with Gasteiger partial charge in [0.25, 0.3) is 0 Å². The molecule has 186 valence electrons. The Morgan fingerprint density at radius 1 is 0.875 bits per heavy atom. The molecule has 2 N–H and O–H groups in total. The molecule has 0 aromatic carbocycles. The normalized spacial score (nSPS) is 18.9. The number of carbonyl (C=O) groups excluding carboxylic acids is 1. The van der Waals surface area contributed by atoms with Crippen LogP contribution in [0.15, 0.2) is 12.7 Å². The number of rotatable bonds is 15. The van der Waals surface area contributed by atoms with Crippen molar-refractivity contribution in [3.63, 3.8) is 0 Å². The van der Waals surface area contributed by atoms with Gasteiger partial charge >= 0.3 is 17.9 Å². The number of esters is 1. The first-order valence-electron chi connectivity index (χ1n) is 12.5. The summed E-state index contributed by atoms with van der Waals surface area (Å²) in [5, 5.41) is 17.4. The van der Waals surface area contributed by atoms with Gasteiger partial charge in [-0.15, -0.1) is 0 Å². The lowest BCUT2D eigenvalue weighted by molar-refractivity contribution is -0.155. The Kier molecular flexibility index (Phi) is 17.6. The van der Waals surface area contributed by atoms with Crippen LogP contribution in [0.1, 0.15) is 111 Å². The molecule has 6 nitrogen and oxygen atoms in total. The molecule has 0 amide bonds. The zero-order chi connectivity index (χ0) is 24.4. The molecule has 1 aliphatic carbocycles. The quantitative estimate of drug-likeness (QED) is 0.164. The maximum absolute atomic E-state index is 11.1. The Labute approximate surface area is 194 Å². The van der Waals surface area contributed by atoms with Crippen LogP contribution in [0.2, 0.25) is 0 Å². The van der Waals surface area contributed by atoms with Crippen LogP contribution in [-0.4, -0.2) is 34.2 Å². The number of aliphatic carboxylic acids is 2. The predicted octanol–water partition coefficient (Wildman–Crippen LogP) is 6.62. The molecule has 0 heterocycles. The second-order valence-corrected chi connectivity index (χ2v) is 9.29. The van der Waals surface area contributed by atoms with E-state index in [1.165, 1.54) is 51.0 Å². The first-order chi connectivity index (χ1) is 15.2. The third kappa shape index (κ3) is 15.0. The van der Waals surface area contributed by atoms with Crippen molar-refractivity contribution in [1.29, 1.82) is 0 Å². The highest BCUT2D eigenvalue weighted by Gasteiger charge is 2.35. The van der Waals surface area contributed by atoms with Gasteiger partial charge in [0.15, 0.2) is 0 Å². The molecule has 0 saturated heterocycles. The minimum absolute atomic E-state index is 0.0755. The molecule has 0 aliphatic heterocycles. The van der Waals surface area contributed by atoms with E-state index in [1.54, 1.807) is 0 Å². The van der Waals surface area contributed by atoms with Gasteiger partial charge in [0.2, 0.25) is 0 Å². The minimum Gasteiger partial charge on any atom is -0.481 e. The summed E-state index contributed by atoms with van der Waals surface area (Å²) in [6.07, 6.45) is 16.5. The summed E-state index contributed by atoms with van der Waals surface area (Å²) < 4.78 is 5.27. The Morgan fingerprint density at radius 2 is 1.31 bits per heavy atom. The summed E-state index contributed by atoms with van der Waals surface area (Å²) in [4.78, 5) is 32.3. The first-order valence-corrected chi connectivity index (χ1v) is 12.5. The standard InChI is InChI=1S/C18H34O2.C8H12O4/c1-5-17(20-18(19)6-2)15-13-11-9-7-8-10-12-14-16(3)4;9-7(10)5-3-1-2-4-6(5)8(11)12/h6,16-17H,2,5,7-15H2,1,3-4H3;5-6H,1-4H2,(H,9,10)(H,11,12). The molecule has 1 fully saturated rings. The van der Waals surface area contributed by atoms with E-state index in [-0.39, 0.29) is 12.1 Å². The fourth-order valence-electron chi connectivity index (χ4n) is 4.09. The van der Waals surface area contributed by atoms with Gasteiger partial charge in [0.05, 0.1) is 11.8 Å². The van der Waals surface area contributed by atoms with Gasteiger partial charge in [0.1, 0.15) is 6.10 Å². The van der Waals surface area contributed by atoms with Crippen LogP contribution in [0.5, 0.6) is 0 Å². The molecule has 6 heteroatoms. The zero-order valence-electron chi connectivity index (χ0n) is 20.5. The number of ether oxygens (including phenoxy) is 1. The van der Waals surface area contributed by atoms with Gasteiger partial charge < -0.3 is 14.9 Å². The lowest BCUT2D eigenvalue weighted by Gasteiger charge is -2.24. The van der Waals surface area contributed by atoms with Gasteiger partial charge in [0, 0.05) is 6.08 Å². The van der Waals surface area contributed by atoms with E-state index >= 15 is 0 Å². The Bertz CT molecular complexity index is 520. The molecule has 0 aromatic rings. The smallest absolute Gasteiger partial charge is 0.330 e. The summed E-state index contributed by atoms with van der Waals surface area (Å²) in [5.74, 6) is -2.72. The average Bonchev–Trinajstić information content (AvgIpc) is 2.77. The van der Waals surface area contributed by atoms with Crippen molar-refractivity contribution in [2.45, 2.75) is 117 Å². The van der Waals surface area contributed by atoms with E-state index in [1.807, 2.05) is 0 Å². The lowest BCUT2D eigenvalue weighted by Crippen LogP contribution is -2.32. The van der Waals surface area contributed by atoms with E-state index in [9.17, 15) is 14.4 Å². The summed E-state index contributed by atoms with van der Waals surface area (Å²) in [6.45, 7) is 10.1. The third-order valence-electron chi connectivity index (χ3n) is 6.11. The van der Waals surface area contributed by atoms with Crippen molar-refractivity contribution in [3.05, 3.63) is 12.7 Å². The second-order valence-electron chi connectivity index (χ2n) is 9.29. The molecule has 0 spiro atoms. The van der Waals surface area contributed by atoms with E-state index in [4.69, 9.17) is 14.9 Å². The van der Waals surface area contributed by atoms with Crippen molar-refractivity contribution < 1.29 is 29.3 Å². The van der Waals surface area contributed by atoms with Crippen molar-refractivity contribution in [2.24, 2.45) is 17.8 Å². The van der Waals surface area contributed by atoms with E-state index in [2.05, 4.69) is 27.4 Å². The Balaban J connectivity index is 0.000000677. The van der Waals surface area contributed by atoms with Crippen LogP contribution in [0.25, 0.3) is 0 Å². The highest BCUT2D eigenvalue weighted by molar-refractivity contribution is 5.81. The van der Waals surface area contributed by atoms with E-state index in [0.29, 0.717) is 12.8 Å². The highest BCUT2D eigenvalue weighted by atomic mass is 16.5. The van der Waals surface area contributed by atoms with Crippen molar-refractivity contribution >= 4 is 17.9 Å². The van der Waals surface area contributed by atoms with Crippen LogP contribution in [0.4, 0.5) is 0 Å². The second kappa shape index (κ2) is 18.7. The molecule has 3 atom stereocenters. The van der Waals surface area contributed by atoms with Crippen molar-refractivity contribution in [3.8, 4) is 0 Å². The van der Waals surface area contributed by atoms with Gasteiger partial charge in [-0.3, -0.25) is 9.59 Å². The average molecular weight is 455 g/mol. The fourth-order valence-corrected chi connectivity index (χ4v) is 4.09. The molecule has 1 aliphatic rings. The van der Waals surface area contributed by atoms with Gasteiger partial charge in [-0.1, -0.05) is 85.1 Å². The number of unbranched alkanes of at least 4 members (excludes halogenated alkanes) is 6.